The van der Waals surface area contributed by atoms with Crippen LogP contribution in [0, 0.1) is 0 Å². The first kappa shape index (κ1) is 15.2. The average Bonchev–Trinajstić information content (AvgIpc) is 2.33. The van der Waals surface area contributed by atoms with Crippen molar-refractivity contribution in [3.8, 4) is 0 Å². The van der Waals surface area contributed by atoms with Gasteiger partial charge >= 0.3 is 18.0 Å². The molecule has 1 aliphatic heterocycles. The number of nitrogens with zero attached hydrogens (tertiary/aromatic N) is 1. The van der Waals surface area contributed by atoms with Gasteiger partial charge in [0.25, 0.3) is 0 Å². The Hall–Kier alpha value is -1.83. The van der Waals surface area contributed by atoms with Crippen LogP contribution in [0.2, 0.25) is 0 Å². The Morgan fingerprint density at radius 1 is 1.37 bits per heavy atom. The molecule has 0 aromatic rings. The lowest BCUT2D eigenvalue weighted by molar-refractivity contribution is -0.140. The number of carboxylic acids is 2. The van der Waals surface area contributed by atoms with Crippen LogP contribution in [0.4, 0.5) is 4.79 Å². The number of hydrogen-bond donors (Lipinski definition) is 4. The summed E-state index contributed by atoms with van der Waals surface area (Å²) >= 11 is 0. The Kier molecular flexibility index (Phi) is 5.56. The molecule has 1 fully saturated rings. The number of urea groups is 1. The first-order chi connectivity index (χ1) is 8.90. The van der Waals surface area contributed by atoms with Crippen molar-refractivity contribution in [2.24, 2.45) is 5.73 Å². The summed E-state index contributed by atoms with van der Waals surface area (Å²) in [6.07, 6.45) is 1.17. The van der Waals surface area contributed by atoms with Gasteiger partial charge in [-0.15, -0.1) is 0 Å². The molecule has 8 nitrogen and oxygen atoms in total. The summed E-state index contributed by atoms with van der Waals surface area (Å²) in [5.74, 6) is -2.34. The van der Waals surface area contributed by atoms with Gasteiger partial charge in [-0.2, -0.15) is 0 Å². The molecule has 0 spiro atoms. The van der Waals surface area contributed by atoms with Crippen LogP contribution in [-0.2, 0) is 9.59 Å². The van der Waals surface area contributed by atoms with E-state index in [1.165, 1.54) is 4.90 Å². The van der Waals surface area contributed by atoms with Crippen molar-refractivity contribution in [1.29, 1.82) is 0 Å². The molecule has 1 rings (SSSR count). The second kappa shape index (κ2) is 6.93. The van der Waals surface area contributed by atoms with E-state index in [4.69, 9.17) is 15.9 Å². The summed E-state index contributed by atoms with van der Waals surface area (Å²) in [6.45, 7) is 0.919. The zero-order valence-electron chi connectivity index (χ0n) is 10.5. The molecule has 0 aromatic carbocycles. The monoisotopic (exact) mass is 273 g/mol. The molecule has 0 radical (unpaired) electrons. The molecular weight excluding hydrogens is 254 g/mol. The summed E-state index contributed by atoms with van der Waals surface area (Å²) < 4.78 is 0. The lowest BCUT2D eigenvalue weighted by Crippen LogP contribution is -2.53. The number of piperidine rings is 1. The van der Waals surface area contributed by atoms with Crippen molar-refractivity contribution in [1.82, 2.24) is 10.2 Å². The molecule has 2 amide bonds. The Balaban J connectivity index is 2.50. The van der Waals surface area contributed by atoms with E-state index in [0.29, 0.717) is 13.1 Å². The van der Waals surface area contributed by atoms with Crippen LogP contribution in [0.1, 0.15) is 25.7 Å². The minimum absolute atomic E-state index is 0.0956. The molecule has 108 valence electrons. The van der Waals surface area contributed by atoms with Gasteiger partial charge in [-0.1, -0.05) is 0 Å². The molecule has 1 saturated heterocycles. The van der Waals surface area contributed by atoms with Gasteiger partial charge in [0.1, 0.15) is 6.04 Å². The largest absolute Gasteiger partial charge is 0.481 e. The molecule has 5 N–H and O–H groups in total. The number of amides is 2. The fourth-order valence-corrected chi connectivity index (χ4v) is 1.96. The molecule has 19 heavy (non-hydrogen) atoms. The fourth-order valence-electron chi connectivity index (χ4n) is 1.96. The van der Waals surface area contributed by atoms with Gasteiger partial charge in [-0.25, -0.2) is 9.59 Å². The van der Waals surface area contributed by atoms with Gasteiger partial charge in [0.2, 0.25) is 0 Å². The first-order valence-electron chi connectivity index (χ1n) is 6.15. The molecule has 1 aliphatic rings. The Bertz CT molecular complexity index is 360. The first-order valence-corrected chi connectivity index (χ1v) is 6.15. The van der Waals surface area contributed by atoms with Crippen LogP contribution in [0.15, 0.2) is 0 Å². The minimum Gasteiger partial charge on any atom is -0.481 e. The number of rotatable bonds is 5. The van der Waals surface area contributed by atoms with E-state index in [0.717, 1.165) is 12.8 Å². The van der Waals surface area contributed by atoms with Gasteiger partial charge in [-0.05, 0) is 19.3 Å². The number of aliphatic carboxylic acids is 2. The molecule has 2 unspecified atom stereocenters. The standard InChI is InChI=1S/C11H19N3O5/c12-7-2-1-5-14(6-7)11(19)13-8(10(17)18)3-4-9(15)16/h7-8H,1-6,12H2,(H,13,19)(H,15,16)(H,17,18). The Morgan fingerprint density at radius 3 is 2.58 bits per heavy atom. The summed E-state index contributed by atoms with van der Waals surface area (Å²) in [6, 6.07) is -1.79. The number of nitrogens with one attached hydrogen (secondary N) is 1. The molecule has 0 bridgehead atoms. The van der Waals surface area contributed by atoms with Gasteiger partial charge < -0.3 is 26.2 Å². The van der Waals surface area contributed by atoms with E-state index < -0.39 is 24.0 Å². The maximum absolute atomic E-state index is 11.9. The summed E-state index contributed by atoms with van der Waals surface area (Å²) in [5, 5.41) is 19.8. The van der Waals surface area contributed by atoms with E-state index in [1.54, 1.807) is 0 Å². The molecule has 8 heteroatoms. The van der Waals surface area contributed by atoms with Gasteiger partial charge in [0.05, 0.1) is 0 Å². The molecular formula is C11H19N3O5. The van der Waals surface area contributed by atoms with Crippen LogP contribution in [0.3, 0.4) is 0 Å². The van der Waals surface area contributed by atoms with Crippen molar-refractivity contribution >= 4 is 18.0 Å². The second-order valence-electron chi connectivity index (χ2n) is 4.62. The van der Waals surface area contributed by atoms with Crippen LogP contribution < -0.4 is 11.1 Å². The molecule has 0 aromatic heterocycles. The van der Waals surface area contributed by atoms with Crippen molar-refractivity contribution in [2.45, 2.75) is 37.8 Å². The SMILES string of the molecule is NC1CCCN(C(=O)NC(CCC(=O)O)C(=O)O)C1. The van der Waals surface area contributed by atoms with E-state index in [1.807, 2.05) is 0 Å². The summed E-state index contributed by atoms with van der Waals surface area (Å²) in [5.41, 5.74) is 5.74. The topological polar surface area (TPSA) is 133 Å². The van der Waals surface area contributed by atoms with Crippen LogP contribution >= 0.6 is 0 Å². The third-order valence-electron chi connectivity index (χ3n) is 2.99. The lowest BCUT2D eigenvalue weighted by Gasteiger charge is -2.31. The molecule has 2 atom stereocenters. The van der Waals surface area contributed by atoms with E-state index >= 15 is 0 Å². The average molecular weight is 273 g/mol. The summed E-state index contributed by atoms with van der Waals surface area (Å²) in [4.78, 5) is 34.7. The Morgan fingerprint density at radius 2 is 2.05 bits per heavy atom. The zero-order chi connectivity index (χ0) is 14.4. The maximum Gasteiger partial charge on any atom is 0.326 e. The van der Waals surface area contributed by atoms with E-state index in [2.05, 4.69) is 5.32 Å². The van der Waals surface area contributed by atoms with Gasteiger partial charge in [-0.3, -0.25) is 4.79 Å². The lowest BCUT2D eigenvalue weighted by atomic mass is 10.1. The smallest absolute Gasteiger partial charge is 0.326 e. The Labute approximate surface area is 110 Å². The normalized spacial score (nSPS) is 20.7. The van der Waals surface area contributed by atoms with Crippen molar-refractivity contribution < 1.29 is 24.6 Å². The fraction of sp³-hybridized carbons (Fsp3) is 0.727. The maximum atomic E-state index is 11.9. The van der Waals surface area contributed by atoms with Gasteiger partial charge in [0, 0.05) is 25.6 Å². The van der Waals surface area contributed by atoms with E-state index in [9.17, 15) is 14.4 Å². The van der Waals surface area contributed by atoms with Crippen LogP contribution in [-0.4, -0.2) is 58.3 Å². The van der Waals surface area contributed by atoms with Crippen LogP contribution in [0.5, 0.6) is 0 Å². The predicted octanol–water partition coefficient (Wildman–Crippen LogP) is -0.563. The third kappa shape index (κ3) is 5.12. The highest BCUT2D eigenvalue weighted by Crippen LogP contribution is 2.09. The zero-order valence-corrected chi connectivity index (χ0v) is 10.5. The number of hydrogen-bond acceptors (Lipinski definition) is 4. The van der Waals surface area contributed by atoms with Gasteiger partial charge in [0.15, 0.2) is 0 Å². The number of carbonyl (C=O) groups is 3. The molecule has 0 saturated carbocycles. The quantitative estimate of drug-likeness (QED) is 0.530. The minimum atomic E-state index is -1.24. The number of carboxylic acid groups (broad SMARTS) is 2. The number of carbonyl (C=O) groups excluding carboxylic acids is 1. The highest BCUT2D eigenvalue weighted by Gasteiger charge is 2.26. The van der Waals surface area contributed by atoms with Crippen molar-refractivity contribution in [3.63, 3.8) is 0 Å². The number of likely N-dealkylation sites (tertiary alicyclic amines) is 1. The third-order valence-corrected chi connectivity index (χ3v) is 2.99. The highest BCUT2D eigenvalue weighted by molar-refractivity contribution is 5.83. The van der Waals surface area contributed by atoms with Crippen molar-refractivity contribution in [2.75, 3.05) is 13.1 Å². The highest BCUT2D eigenvalue weighted by atomic mass is 16.4. The number of nitrogens with two attached hydrogens (primary N) is 1. The van der Waals surface area contributed by atoms with Crippen LogP contribution in [0.25, 0.3) is 0 Å². The van der Waals surface area contributed by atoms with E-state index in [-0.39, 0.29) is 18.9 Å². The second-order valence-corrected chi connectivity index (χ2v) is 4.62. The van der Waals surface area contributed by atoms with Crippen molar-refractivity contribution in [3.05, 3.63) is 0 Å². The summed E-state index contributed by atoms with van der Waals surface area (Å²) in [7, 11) is 0. The predicted molar refractivity (Wildman–Crippen MR) is 65.6 cm³/mol. The molecule has 1 heterocycles. The molecule has 0 aliphatic carbocycles.